The molecule has 0 fully saturated rings. The molecule has 0 saturated carbocycles. The van der Waals surface area contributed by atoms with Gasteiger partial charge in [-0.15, -0.1) is 0 Å². The molecule has 2 aromatic rings. The molecule has 0 saturated heterocycles. The molecule has 1 amide bonds. The number of aromatic nitrogens is 1. The Labute approximate surface area is 144 Å². The zero-order valence-electron chi connectivity index (χ0n) is 14.1. The predicted octanol–water partition coefficient (Wildman–Crippen LogP) is 2.77. The lowest BCUT2D eigenvalue weighted by atomic mass is 10.2. The van der Waals surface area contributed by atoms with E-state index in [1.165, 1.54) is 18.6 Å². The van der Waals surface area contributed by atoms with Crippen LogP contribution in [0.3, 0.4) is 0 Å². The predicted molar refractivity (Wildman–Crippen MR) is 93.3 cm³/mol. The Balaban J connectivity index is 2.04. The summed E-state index contributed by atoms with van der Waals surface area (Å²) in [5.41, 5.74) is -0.650. The second-order valence-electron chi connectivity index (χ2n) is 6.13. The largest absolute Gasteiger partial charge is 0.467 e. The summed E-state index contributed by atoms with van der Waals surface area (Å²) >= 11 is 1.36. The molecule has 1 aromatic heterocycles. The maximum Gasteiger partial charge on any atom is 0.408 e. The summed E-state index contributed by atoms with van der Waals surface area (Å²) < 4.78 is 15.3. The van der Waals surface area contributed by atoms with Crippen molar-refractivity contribution >= 4 is 39.5 Å². The van der Waals surface area contributed by atoms with E-state index >= 15 is 0 Å². The van der Waals surface area contributed by atoms with Crippen LogP contribution in [-0.2, 0) is 14.3 Å². The average Bonchev–Trinajstić information content (AvgIpc) is 2.92. The van der Waals surface area contributed by atoms with Gasteiger partial charge in [0, 0.05) is 11.9 Å². The number of hydrogen-bond acceptors (Lipinski definition) is 7. The van der Waals surface area contributed by atoms with Crippen molar-refractivity contribution in [1.29, 1.82) is 0 Å². The number of alkyl carbamates (subject to hydrolysis) is 1. The van der Waals surface area contributed by atoms with Gasteiger partial charge in [0.15, 0.2) is 0 Å². The van der Waals surface area contributed by atoms with E-state index in [1.807, 2.05) is 24.3 Å². The Morgan fingerprint density at radius 3 is 2.67 bits per heavy atom. The molecule has 2 N–H and O–H groups in total. The molecule has 0 aliphatic rings. The molecule has 1 unspecified atom stereocenters. The Kier molecular flexibility index (Phi) is 5.61. The quantitative estimate of drug-likeness (QED) is 0.805. The van der Waals surface area contributed by atoms with Crippen molar-refractivity contribution in [2.75, 3.05) is 19.0 Å². The first-order chi connectivity index (χ1) is 11.3. The van der Waals surface area contributed by atoms with Crippen LogP contribution in [0.4, 0.5) is 10.6 Å². The summed E-state index contributed by atoms with van der Waals surface area (Å²) in [5, 5.41) is 6.55. The van der Waals surface area contributed by atoms with Crippen LogP contribution in [-0.4, -0.2) is 41.7 Å². The highest BCUT2D eigenvalue weighted by Gasteiger charge is 2.25. The number of fused-ring (bicyclic) bond motifs is 1. The fourth-order valence-electron chi connectivity index (χ4n) is 2.00. The van der Waals surface area contributed by atoms with Gasteiger partial charge in [0.05, 0.1) is 11.8 Å². The second-order valence-corrected chi connectivity index (χ2v) is 6.94. The summed E-state index contributed by atoms with van der Waals surface area (Å²) in [7, 11) is 1.27. The number of carbonyl (C=O) groups is 2. The van der Waals surface area contributed by atoms with Crippen molar-refractivity contribution in [3.63, 3.8) is 0 Å². The number of nitrogens with one attached hydrogen (secondary N) is 2. The minimum Gasteiger partial charge on any atom is -0.467 e. The van der Waals surface area contributed by atoms with E-state index in [9.17, 15) is 9.59 Å². The zero-order chi connectivity index (χ0) is 17.7. The van der Waals surface area contributed by atoms with E-state index in [2.05, 4.69) is 15.0 Å². The summed E-state index contributed by atoms with van der Waals surface area (Å²) in [4.78, 5) is 23.8. The highest BCUT2D eigenvalue weighted by Crippen LogP contribution is 2.26. The number of carbonyl (C=O) groups excluding carboxylic acids is 2. The van der Waals surface area contributed by atoms with Gasteiger partial charge in [-0.1, -0.05) is 12.1 Å². The first-order valence-corrected chi connectivity index (χ1v) is 8.23. The lowest BCUT2D eigenvalue weighted by Gasteiger charge is -2.22. The van der Waals surface area contributed by atoms with E-state index in [0.29, 0.717) is 5.82 Å². The number of rotatable bonds is 5. The van der Waals surface area contributed by atoms with Gasteiger partial charge in [-0.3, -0.25) is 0 Å². The molecule has 0 radical (unpaired) electrons. The van der Waals surface area contributed by atoms with Crippen LogP contribution in [0.15, 0.2) is 24.3 Å². The standard InChI is InChI=1S/C16H21N3O4S/c1-16(2,3)23-15(21)18-11(14(20)22-4)9-17-13-10-7-5-6-8-12(10)24-19-13/h5-8,11H,9H2,1-4H3,(H,17,19)(H,18,21). The van der Waals surface area contributed by atoms with Crippen LogP contribution in [0.1, 0.15) is 20.8 Å². The first-order valence-electron chi connectivity index (χ1n) is 7.46. The number of nitrogens with zero attached hydrogens (tertiary/aromatic N) is 1. The third-order valence-electron chi connectivity index (χ3n) is 3.03. The third kappa shape index (κ3) is 4.82. The highest BCUT2D eigenvalue weighted by molar-refractivity contribution is 7.13. The van der Waals surface area contributed by atoms with Crippen LogP contribution < -0.4 is 10.6 Å². The molecular formula is C16H21N3O4S. The number of hydrogen-bond donors (Lipinski definition) is 2. The van der Waals surface area contributed by atoms with Crippen molar-refractivity contribution in [3.05, 3.63) is 24.3 Å². The molecule has 8 heteroatoms. The molecule has 130 valence electrons. The summed E-state index contributed by atoms with van der Waals surface area (Å²) in [5.74, 6) is 0.100. The van der Waals surface area contributed by atoms with Crippen LogP contribution in [0.5, 0.6) is 0 Å². The molecule has 0 aliphatic heterocycles. The van der Waals surface area contributed by atoms with Crippen LogP contribution >= 0.6 is 11.5 Å². The summed E-state index contributed by atoms with van der Waals surface area (Å²) in [6.45, 7) is 5.39. The van der Waals surface area contributed by atoms with Gasteiger partial charge in [0.1, 0.15) is 17.5 Å². The maximum absolute atomic E-state index is 11.9. The minimum atomic E-state index is -0.884. The number of anilines is 1. The maximum atomic E-state index is 11.9. The fraction of sp³-hybridized carbons (Fsp3) is 0.438. The Bertz CT molecular complexity index is 723. The highest BCUT2D eigenvalue weighted by atomic mass is 32.1. The van der Waals surface area contributed by atoms with Crippen molar-refractivity contribution in [1.82, 2.24) is 9.69 Å². The van der Waals surface area contributed by atoms with E-state index in [-0.39, 0.29) is 6.54 Å². The SMILES string of the molecule is COC(=O)C(CNc1nsc2ccccc12)NC(=O)OC(C)(C)C. The van der Waals surface area contributed by atoms with Crippen molar-refractivity contribution < 1.29 is 19.1 Å². The van der Waals surface area contributed by atoms with Crippen molar-refractivity contribution in [2.24, 2.45) is 0 Å². The summed E-state index contributed by atoms with van der Waals surface area (Å²) in [6.07, 6.45) is -0.678. The molecule has 1 aromatic carbocycles. The van der Waals surface area contributed by atoms with Crippen molar-refractivity contribution in [3.8, 4) is 0 Å². The molecular weight excluding hydrogens is 330 g/mol. The second kappa shape index (κ2) is 7.48. The van der Waals surface area contributed by atoms with Gasteiger partial charge in [0.2, 0.25) is 0 Å². The van der Waals surface area contributed by atoms with Gasteiger partial charge >= 0.3 is 12.1 Å². The Morgan fingerprint density at radius 1 is 1.29 bits per heavy atom. The van der Waals surface area contributed by atoms with E-state index < -0.39 is 23.7 Å². The Hall–Kier alpha value is -2.35. The molecule has 24 heavy (non-hydrogen) atoms. The molecule has 0 spiro atoms. The number of methoxy groups -OCH3 is 1. The molecule has 1 heterocycles. The lowest BCUT2D eigenvalue weighted by Crippen LogP contribution is -2.47. The van der Waals surface area contributed by atoms with Gasteiger partial charge in [-0.25, -0.2) is 9.59 Å². The smallest absolute Gasteiger partial charge is 0.408 e. The van der Waals surface area contributed by atoms with Gasteiger partial charge in [-0.05, 0) is 44.4 Å². The zero-order valence-corrected chi connectivity index (χ0v) is 14.9. The normalized spacial score (nSPS) is 12.5. The fourth-order valence-corrected chi connectivity index (χ4v) is 2.75. The van der Waals surface area contributed by atoms with Crippen LogP contribution in [0.25, 0.3) is 10.1 Å². The molecule has 1 atom stereocenters. The summed E-state index contributed by atoms with van der Waals surface area (Å²) in [6, 6.07) is 6.87. The van der Waals surface area contributed by atoms with E-state index in [1.54, 1.807) is 20.8 Å². The van der Waals surface area contributed by atoms with Gasteiger partial charge in [-0.2, -0.15) is 4.37 Å². The van der Waals surface area contributed by atoms with Crippen LogP contribution in [0, 0.1) is 0 Å². The van der Waals surface area contributed by atoms with E-state index in [4.69, 9.17) is 9.47 Å². The topological polar surface area (TPSA) is 89.5 Å². The monoisotopic (exact) mass is 351 g/mol. The molecule has 7 nitrogen and oxygen atoms in total. The molecule has 2 rings (SSSR count). The Morgan fingerprint density at radius 2 is 2.00 bits per heavy atom. The lowest BCUT2D eigenvalue weighted by molar-refractivity contribution is -0.142. The van der Waals surface area contributed by atoms with E-state index in [0.717, 1.165) is 10.1 Å². The minimum absolute atomic E-state index is 0.139. The average molecular weight is 351 g/mol. The number of benzene rings is 1. The van der Waals surface area contributed by atoms with Gasteiger partial charge < -0.3 is 20.1 Å². The number of ether oxygens (including phenoxy) is 2. The van der Waals surface area contributed by atoms with Gasteiger partial charge in [0.25, 0.3) is 0 Å². The molecule has 0 aliphatic carbocycles. The number of amides is 1. The first kappa shape index (κ1) is 18.0. The van der Waals surface area contributed by atoms with Crippen LogP contribution in [0.2, 0.25) is 0 Å². The third-order valence-corrected chi connectivity index (χ3v) is 3.85. The molecule has 0 bridgehead atoms. The van der Waals surface area contributed by atoms with Crippen molar-refractivity contribution in [2.45, 2.75) is 32.4 Å². The number of esters is 1.